The second-order valence-electron chi connectivity index (χ2n) is 4.18. The van der Waals surface area contributed by atoms with Gasteiger partial charge in [-0.05, 0) is 24.7 Å². The van der Waals surface area contributed by atoms with Crippen LogP contribution in [0.1, 0.15) is 27.7 Å². The molecule has 3 heteroatoms. The molecule has 1 rings (SSSR count). The summed E-state index contributed by atoms with van der Waals surface area (Å²) in [5, 5.41) is 8.91. The van der Waals surface area contributed by atoms with Crippen LogP contribution in [0.15, 0.2) is 0 Å². The molecule has 0 aromatic carbocycles. The Morgan fingerprint density at radius 2 is 1.62 bits per heavy atom. The number of rotatable bonds is 1. The maximum absolute atomic E-state index is 10.8. The van der Waals surface area contributed by atoms with E-state index < -0.39 is 12.1 Å². The number of hydrogen-bond acceptors (Lipinski definition) is 2. The average Bonchev–Trinajstić information content (AvgIpc) is 2.07. The fraction of sp³-hybridized carbons (Fsp3) is 0.900. The van der Waals surface area contributed by atoms with Crippen LogP contribution in [-0.2, 0) is 9.53 Å². The highest BCUT2D eigenvalue weighted by Crippen LogP contribution is 2.34. The van der Waals surface area contributed by atoms with Gasteiger partial charge in [0.1, 0.15) is 0 Å². The average molecular weight is 186 g/mol. The lowest BCUT2D eigenvalue weighted by atomic mass is 9.77. The number of aliphatic carboxylic acids is 1. The minimum Gasteiger partial charge on any atom is -0.479 e. The number of carbonyl (C=O) groups is 1. The standard InChI is InChI=1S/C10H18O3/c1-5-6(2)8(4)13-9(7(5)3)10(11)12/h5-9H,1-4H3,(H,11,12). The summed E-state index contributed by atoms with van der Waals surface area (Å²) in [6.45, 7) is 8.11. The largest absolute Gasteiger partial charge is 0.479 e. The van der Waals surface area contributed by atoms with Gasteiger partial charge in [-0.15, -0.1) is 0 Å². The monoisotopic (exact) mass is 186 g/mol. The van der Waals surface area contributed by atoms with Crippen LogP contribution in [0.3, 0.4) is 0 Å². The van der Waals surface area contributed by atoms with Crippen molar-refractivity contribution in [3.8, 4) is 0 Å². The molecule has 0 aromatic rings. The SMILES string of the molecule is CC1OC(C(=O)O)C(C)C(C)C1C. The van der Waals surface area contributed by atoms with Crippen molar-refractivity contribution >= 4 is 5.97 Å². The fourth-order valence-corrected chi connectivity index (χ4v) is 1.94. The highest BCUT2D eigenvalue weighted by Gasteiger charge is 2.40. The molecule has 0 spiro atoms. The summed E-state index contributed by atoms with van der Waals surface area (Å²) in [7, 11) is 0. The summed E-state index contributed by atoms with van der Waals surface area (Å²) in [4.78, 5) is 10.8. The zero-order chi connectivity index (χ0) is 10.2. The van der Waals surface area contributed by atoms with Crippen molar-refractivity contribution in [3.05, 3.63) is 0 Å². The first-order chi connectivity index (χ1) is 5.95. The van der Waals surface area contributed by atoms with Crippen LogP contribution in [0, 0.1) is 17.8 Å². The third-order valence-corrected chi connectivity index (χ3v) is 3.48. The summed E-state index contributed by atoms with van der Waals surface area (Å²) in [6, 6.07) is 0. The van der Waals surface area contributed by atoms with Crippen molar-refractivity contribution in [3.63, 3.8) is 0 Å². The lowest BCUT2D eigenvalue weighted by molar-refractivity contribution is -0.176. The molecule has 1 fully saturated rings. The molecule has 3 nitrogen and oxygen atoms in total. The molecule has 0 saturated carbocycles. The van der Waals surface area contributed by atoms with Crippen LogP contribution in [0.2, 0.25) is 0 Å². The van der Waals surface area contributed by atoms with Gasteiger partial charge in [-0.25, -0.2) is 4.79 Å². The number of ether oxygens (including phenoxy) is 1. The van der Waals surface area contributed by atoms with Crippen LogP contribution in [-0.4, -0.2) is 23.3 Å². The molecule has 1 aliphatic rings. The van der Waals surface area contributed by atoms with Crippen LogP contribution in [0.5, 0.6) is 0 Å². The molecule has 1 heterocycles. The lowest BCUT2D eigenvalue weighted by Crippen LogP contribution is -2.47. The molecule has 0 bridgehead atoms. The zero-order valence-electron chi connectivity index (χ0n) is 8.65. The first-order valence-corrected chi connectivity index (χ1v) is 4.83. The van der Waals surface area contributed by atoms with Gasteiger partial charge in [0.05, 0.1) is 6.10 Å². The van der Waals surface area contributed by atoms with Crippen LogP contribution < -0.4 is 0 Å². The van der Waals surface area contributed by atoms with E-state index in [0.717, 1.165) is 0 Å². The number of carboxylic acid groups (broad SMARTS) is 1. The Hall–Kier alpha value is -0.570. The lowest BCUT2D eigenvalue weighted by Gasteiger charge is -2.40. The molecule has 1 saturated heterocycles. The van der Waals surface area contributed by atoms with E-state index in [1.54, 1.807) is 0 Å². The minimum absolute atomic E-state index is 0.0484. The molecule has 13 heavy (non-hydrogen) atoms. The first kappa shape index (κ1) is 10.5. The van der Waals surface area contributed by atoms with Crippen molar-refractivity contribution in [1.29, 1.82) is 0 Å². The third-order valence-electron chi connectivity index (χ3n) is 3.48. The van der Waals surface area contributed by atoms with Crippen molar-refractivity contribution < 1.29 is 14.6 Å². The Morgan fingerprint density at radius 1 is 1.08 bits per heavy atom. The van der Waals surface area contributed by atoms with E-state index in [0.29, 0.717) is 11.8 Å². The Bertz CT molecular complexity index is 202. The van der Waals surface area contributed by atoms with Gasteiger partial charge < -0.3 is 9.84 Å². The highest BCUT2D eigenvalue weighted by molar-refractivity contribution is 5.72. The maximum atomic E-state index is 10.8. The van der Waals surface area contributed by atoms with E-state index in [9.17, 15) is 4.79 Å². The molecule has 76 valence electrons. The molecule has 5 unspecified atom stereocenters. The molecule has 0 amide bonds. The molecule has 0 aromatic heterocycles. The number of hydrogen-bond donors (Lipinski definition) is 1. The molecular formula is C10H18O3. The van der Waals surface area contributed by atoms with Gasteiger partial charge in [-0.3, -0.25) is 0 Å². The van der Waals surface area contributed by atoms with Crippen molar-refractivity contribution in [1.82, 2.24) is 0 Å². The predicted molar refractivity (Wildman–Crippen MR) is 49.5 cm³/mol. The summed E-state index contributed by atoms with van der Waals surface area (Å²) in [5.41, 5.74) is 0. The highest BCUT2D eigenvalue weighted by atomic mass is 16.5. The van der Waals surface area contributed by atoms with E-state index in [-0.39, 0.29) is 12.0 Å². The summed E-state index contributed by atoms with van der Waals surface area (Å²) in [6.07, 6.45) is -0.575. The quantitative estimate of drug-likeness (QED) is 0.678. The van der Waals surface area contributed by atoms with Gasteiger partial charge in [-0.2, -0.15) is 0 Å². The van der Waals surface area contributed by atoms with Gasteiger partial charge >= 0.3 is 5.97 Å². The second-order valence-corrected chi connectivity index (χ2v) is 4.18. The van der Waals surface area contributed by atoms with Crippen molar-refractivity contribution in [2.24, 2.45) is 17.8 Å². The van der Waals surface area contributed by atoms with E-state index in [1.165, 1.54) is 0 Å². The van der Waals surface area contributed by atoms with E-state index in [4.69, 9.17) is 9.84 Å². The third kappa shape index (κ3) is 1.85. The van der Waals surface area contributed by atoms with Gasteiger partial charge in [0, 0.05) is 0 Å². The molecule has 1 aliphatic heterocycles. The Balaban J connectivity index is 2.76. The zero-order valence-corrected chi connectivity index (χ0v) is 8.65. The molecule has 0 radical (unpaired) electrons. The van der Waals surface area contributed by atoms with Gasteiger partial charge in [0.2, 0.25) is 0 Å². The maximum Gasteiger partial charge on any atom is 0.333 e. The Kier molecular flexibility index (Phi) is 2.96. The van der Waals surface area contributed by atoms with Crippen LogP contribution in [0.25, 0.3) is 0 Å². The topological polar surface area (TPSA) is 46.5 Å². The van der Waals surface area contributed by atoms with Gasteiger partial charge in [-0.1, -0.05) is 20.8 Å². The Morgan fingerprint density at radius 3 is 2.08 bits per heavy atom. The van der Waals surface area contributed by atoms with Gasteiger partial charge in [0.25, 0.3) is 0 Å². The fourth-order valence-electron chi connectivity index (χ4n) is 1.94. The van der Waals surface area contributed by atoms with E-state index in [1.807, 2.05) is 13.8 Å². The summed E-state index contributed by atoms with van der Waals surface area (Å²) >= 11 is 0. The summed E-state index contributed by atoms with van der Waals surface area (Å²) < 4.78 is 5.44. The van der Waals surface area contributed by atoms with Crippen LogP contribution in [0.4, 0.5) is 0 Å². The first-order valence-electron chi connectivity index (χ1n) is 4.83. The van der Waals surface area contributed by atoms with Crippen LogP contribution >= 0.6 is 0 Å². The Labute approximate surface area is 79.1 Å². The van der Waals surface area contributed by atoms with Crippen molar-refractivity contribution in [2.45, 2.75) is 39.9 Å². The summed E-state index contributed by atoms with van der Waals surface area (Å²) in [5.74, 6) is 0.109. The second kappa shape index (κ2) is 3.66. The van der Waals surface area contributed by atoms with Gasteiger partial charge in [0.15, 0.2) is 6.10 Å². The van der Waals surface area contributed by atoms with E-state index in [2.05, 4.69) is 13.8 Å². The predicted octanol–water partition coefficient (Wildman–Crippen LogP) is 1.77. The number of carboxylic acids is 1. The van der Waals surface area contributed by atoms with Crippen molar-refractivity contribution in [2.75, 3.05) is 0 Å². The minimum atomic E-state index is -0.835. The molecule has 5 atom stereocenters. The normalized spacial score (nSPS) is 46.0. The molecule has 1 N–H and O–H groups in total. The smallest absolute Gasteiger partial charge is 0.333 e. The molecule has 0 aliphatic carbocycles. The van der Waals surface area contributed by atoms with E-state index >= 15 is 0 Å². The molecular weight excluding hydrogens is 168 g/mol.